The van der Waals surface area contributed by atoms with Crippen LogP contribution in [-0.2, 0) is 0 Å². The predicted molar refractivity (Wildman–Crippen MR) is 33.3 cm³/mol. The minimum Gasteiger partial charge on any atom is -0.296 e. The van der Waals surface area contributed by atoms with Gasteiger partial charge in [0.05, 0.1) is 0 Å². The summed E-state index contributed by atoms with van der Waals surface area (Å²) in [5, 5.41) is 6.37. The normalized spacial score (nSPS) is 31.3. The Bertz CT molecular complexity index is 51.7. The Balaban J connectivity index is 2.14. The van der Waals surface area contributed by atoms with Crippen LogP contribution >= 0.6 is 11.8 Å². The lowest BCUT2D eigenvalue weighted by atomic mass is 10.7. The molecule has 1 aliphatic heterocycles. The summed E-state index contributed by atoms with van der Waals surface area (Å²) >= 11 is 1.92. The van der Waals surface area contributed by atoms with Gasteiger partial charge in [0.15, 0.2) is 0 Å². The molecule has 1 saturated heterocycles. The van der Waals surface area contributed by atoms with Gasteiger partial charge in [0, 0.05) is 12.3 Å². The van der Waals surface area contributed by atoms with E-state index >= 15 is 0 Å². The Morgan fingerprint density at radius 1 is 1.86 bits per heavy atom. The Morgan fingerprint density at radius 2 is 2.71 bits per heavy atom. The molecule has 3 heteroatoms. The van der Waals surface area contributed by atoms with Crippen molar-refractivity contribution < 1.29 is 0 Å². The molecule has 0 aromatic rings. The number of rotatable bonds is 1. The summed E-state index contributed by atoms with van der Waals surface area (Å²) < 4.78 is 0. The van der Waals surface area contributed by atoms with Crippen LogP contribution in [0.25, 0.3) is 0 Å². The Kier molecular flexibility index (Phi) is 1.97. The van der Waals surface area contributed by atoms with Crippen molar-refractivity contribution in [2.24, 2.45) is 0 Å². The van der Waals surface area contributed by atoms with Crippen LogP contribution in [0.3, 0.4) is 0 Å². The smallest absolute Gasteiger partial charge is 0.105 e. The maximum Gasteiger partial charge on any atom is 0.105 e. The monoisotopic (exact) mass is 118 g/mol. The standard InChI is InChI=1S/C4H10N2S/c1-5-4-6-2-3-7-4/h4-6H,2-3H2,1H3. The zero-order valence-electron chi connectivity index (χ0n) is 4.40. The first kappa shape index (κ1) is 5.41. The van der Waals surface area contributed by atoms with Crippen LogP contribution in [0.5, 0.6) is 0 Å². The van der Waals surface area contributed by atoms with E-state index in [1.165, 1.54) is 5.75 Å². The Labute approximate surface area is 48.1 Å². The molecule has 0 aliphatic carbocycles. The third-order valence-electron chi connectivity index (χ3n) is 0.979. The fourth-order valence-corrected chi connectivity index (χ4v) is 1.48. The van der Waals surface area contributed by atoms with E-state index in [1.54, 1.807) is 0 Å². The number of hydrogen-bond donors (Lipinski definition) is 2. The highest BCUT2D eigenvalue weighted by atomic mass is 32.2. The second-order valence-corrected chi connectivity index (χ2v) is 2.71. The van der Waals surface area contributed by atoms with Crippen molar-refractivity contribution in [2.45, 2.75) is 5.50 Å². The van der Waals surface area contributed by atoms with Crippen LogP contribution < -0.4 is 10.6 Å². The van der Waals surface area contributed by atoms with Crippen molar-refractivity contribution >= 4 is 11.8 Å². The maximum atomic E-state index is 3.26. The first-order valence-electron chi connectivity index (χ1n) is 2.46. The average molecular weight is 118 g/mol. The van der Waals surface area contributed by atoms with Crippen LogP contribution in [0.2, 0.25) is 0 Å². The summed E-state index contributed by atoms with van der Waals surface area (Å²) in [5.74, 6) is 1.24. The lowest BCUT2D eigenvalue weighted by Crippen LogP contribution is -2.31. The van der Waals surface area contributed by atoms with E-state index in [9.17, 15) is 0 Å². The van der Waals surface area contributed by atoms with Gasteiger partial charge in [-0.3, -0.25) is 10.6 Å². The summed E-state index contributed by atoms with van der Waals surface area (Å²) in [4.78, 5) is 0. The zero-order valence-corrected chi connectivity index (χ0v) is 5.22. The van der Waals surface area contributed by atoms with Crippen LogP contribution in [0, 0.1) is 0 Å². The van der Waals surface area contributed by atoms with Crippen molar-refractivity contribution in [3.05, 3.63) is 0 Å². The van der Waals surface area contributed by atoms with Gasteiger partial charge >= 0.3 is 0 Å². The van der Waals surface area contributed by atoms with Crippen molar-refractivity contribution in [3.8, 4) is 0 Å². The summed E-state index contributed by atoms with van der Waals surface area (Å²) in [6.45, 7) is 1.15. The Morgan fingerprint density at radius 3 is 3.00 bits per heavy atom. The topological polar surface area (TPSA) is 24.1 Å². The molecule has 2 N–H and O–H groups in total. The molecule has 0 bridgehead atoms. The molecule has 1 heterocycles. The van der Waals surface area contributed by atoms with Gasteiger partial charge < -0.3 is 0 Å². The zero-order chi connectivity index (χ0) is 5.11. The molecule has 1 unspecified atom stereocenters. The largest absolute Gasteiger partial charge is 0.296 e. The summed E-state index contributed by atoms with van der Waals surface area (Å²) in [7, 11) is 1.97. The summed E-state index contributed by atoms with van der Waals surface area (Å²) in [5.41, 5.74) is 0.514. The molecule has 0 aromatic heterocycles. The van der Waals surface area contributed by atoms with E-state index in [4.69, 9.17) is 0 Å². The SMILES string of the molecule is CNC1NCCS1. The number of thioether (sulfide) groups is 1. The van der Waals surface area contributed by atoms with Crippen molar-refractivity contribution in [2.75, 3.05) is 19.3 Å². The molecule has 0 aromatic carbocycles. The highest BCUT2D eigenvalue weighted by molar-refractivity contribution is 8.00. The lowest BCUT2D eigenvalue weighted by Gasteiger charge is -2.04. The number of nitrogens with one attached hydrogen (secondary N) is 2. The van der Waals surface area contributed by atoms with E-state index in [0.717, 1.165) is 6.54 Å². The summed E-state index contributed by atoms with van der Waals surface area (Å²) in [6, 6.07) is 0. The van der Waals surface area contributed by atoms with Gasteiger partial charge in [-0.25, -0.2) is 0 Å². The number of hydrogen-bond acceptors (Lipinski definition) is 3. The van der Waals surface area contributed by atoms with E-state index in [1.807, 2.05) is 18.8 Å². The maximum absolute atomic E-state index is 3.26. The first-order valence-corrected chi connectivity index (χ1v) is 3.50. The molecule has 2 nitrogen and oxygen atoms in total. The van der Waals surface area contributed by atoms with Gasteiger partial charge in [-0.15, -0.1) is 11.8 Å². The van der Waals surface area contributed by atoms with E-state index < -0.39 is 0 Å². The highest BCUT2D eigenvalue weighted by Crippen LogP contribution is 2.08. The minimum absolute atomic E-state index is 0.514. The fourth-order valence-electron chi connectivity index (χ4n) is 0.611. The molecule has 0 amide bonds. The van der Waals surface area contributed by atoms with Crippen molar-refractivity contribution in [3.63, 3.8) is 0 Å². The van der Waals surface area contributed by atoms with Gasteiger partial charge in [-0.1, -0.05) is 0 Å². The molecule has 1 atom stereocenters. The van der Waals surface area contributed by atoms with Gasteiger partial charge in [-0.2, -0.15) is 0 Å². The lowest BCUT2D eigenvalue weighted by molar-refractivity contribution is 0.638. The molecule has 1 aliphatic rings. The van der Waals surface area contributed by atoms with Crippen LogP contribution in [0.4, 0.5) is 0 Å². The first-order chi connectivity index (χ1) is 3.43. The molecule has 1 rings (SSSR count). The molecule has 42 valence electrons. The van der Waals surface area contributed by atoms with E-state index in [2.05, 4.69) is 10.6 Å². The van der Waals surface area contributed by atoms with Gasteiger partial charge in [-0.05, 0) is 7.05 Å². The van der Waals surface area contributed by atoms with Crippen LogP contribution in [0.15, 0.2) is 0 Å². The molecule has 1 fully saturated rings. The summed E-state index contributed by atoms with van der Waals surface area (Å²) in [6.07, 6.45) is 0. The van der Waals surface area contributed by atoms with Crippen molar-refractivity contribution in [1.29, 1.82) is 0 Å². The van der Waals surface area contributed by atoms with Crippen LogP contribution in [0.1, 0.15) is 0 Å². The molecule has 0 spiro atoms. The van der Waals surface area contributed by atoms with E-state index in [0.29, 0.717) is 5.50 Å². The molecule has 0 saturated carbocycles. The average Bonchev–Trinajstić information content (AvgIpc) is 2.14. The van der Waals surface area contributed by atoms with Gasteiger partial charge in [0.2, 0.25) is 0 Å². The van der Waals surface area contributed by atoms with Gasteiger partial charge in [0.25, 0.3) is 0 Å². The molecular weight excluding hydrogens is 108 g/mol. The second-order valence-electron chi connectivity index (χ2n) is 1.49. The quantitative estimate of drug-likeness (QED) is 0.499. The van der Waals surface area contributed by atoms with Crippen LogP contribution in [-0.4, -0.2) is 24.8 Å². The van der Waals surface area contributed by atoms with Crippen molar-refractivity contribution in [1.82, 2.24) is 10.6 Å². The second kappa shape index (κ2) is 2.55. The predicted octanol–water partition coefficient (Wildman–Crippen LogP) is -0.174. The third-order valence-corrected chi connectivity index (χ3v) is 2.15. The fraction of sp³-hybridized carbons (Fsp3) is 1.00. The molecular formula is C4H10N2S. The molecule has 7 heavy (non-hydrogen) atoms. The molecule has 0 radical (unpaired) electrons. The third kappa shape index (κ3) is 1.33. The highest BCUT2D eigenvalue weighted by Gasteiger charge is 2.09. The van der Waals surface area contributed by atoms with Gasteiger partial charge in [0.1, 0.15) is 5.50 Å². The van der Waals surface area contributed by atoms with E-state index in [-0.39, 0.29) is 0 Å². The minimum atomic E-state index is 0.514. The Hall–Kier alpha value is 0.270.